The third kappa shape index (κ3) is 4.24. The molecular weight excluding hydrogens is 314 g/mol. The Kier molecular flexibility index (Phi) is 5.16. The van der Waals surface area contributed by atoms with Crippen molar-refractivity contribution in [3.8, 4) is 5.88 Å². The molecule has 6 heteroatoms. The smallest absolute Gasteiger partial charge is 0.225 e. The van der Waals surface area contributed by atoms with E-state index in [-0.39, 0.29) is 0 Å². The first kappa shape index (κ1) is 17.6. The van der Waals surface area contributed by atoms with Gasteiger partial charge in [-0.2, -0.15) is 4.98 Å². The van der Waals surface area contributed by atoms with E-state index in [1.807, 2.05) is 40.7 Å². The van der Waals surface area contributed by atoms with Gasteiger partial charge in [0.15, 0.2) is 0 Å². The first-order chi connectivity index (χ1) is 11.9. The minimum atomic E-state index is 0.539. The fourth-order valence-corrected chi connectivity index (χ4v) is 3.22. The van der Waals surface area contributed by atoms with E-state index in [4.69, 9.17) is 4.74 Å². The summed E-state index contributed by atoms with van der Waals surface area (Å²) in [5.74, 6) is 2.89. The molecule has 1 aliphatic heterocycles. The van der Waals surface area contributed by atoms with Crippen LogP contribution < -0.4 is 9.64 Å². The summed E-state index contributed by atoms with van der Waals surface area (Å²) in [7, 11) is 0. The zero-order valence-corrected chi connectivity index (χ0v) is 15.8. The highest BCUT2D eigenvalue weighted by molar-refractivity contribution is 5.33. The largest absolute Gasteiger partial charge is 0.477 e. The number of anilines is 1. The number of hydrogen-bond donors (Lipinski definition) is 0. The van der Waals surface area contributed by atoms with Crippen LogP contribution >= 0.6 is 0 Å². The molecule has 0 atom stereocenters. The molecule has 0 amide bonds. The van der Waals surface area contributed by atoms with Gasteiger partial charge in [-0.3, -0.25) is 0 Å². The van der Waals surface area contributed by atoms with Crippen LogP contribution in [-0.4, -0.2) is 39.6 Å². The molecule has 6 nitrogen and oxygen atoms in total. The molecule has 0 radical (unpaired) electrons. The zero-order valence-electron chi connectivity index (χ0n) is 15.8. The Morgan fingerprint density at radius 3 is 2.24 bits per heavy atom. The fraction of sp³-hybridized carbons (Fsp3) is 0.579. The predicted molar refractivity (Wildman–Crippen MR) is 98.2 cm³/mol. The van der Waals surface area contributed by atoms with Crippen LogP contribution in [0.1, 0.15) is 41.3 Å². The Hall–Kier alpha value is -2.24. The summed E-state index contributed by atoms with van der Waals surface area (Å²) in [6.45, 7) is 12.6. The number of nitrogens with zero attached hydrogens (tertiary/aromatic N) is 5. The van der Waals surface area contributed by atoms with Crippen molar-refractivity contribution in [3.05, 3.63) is 34.5 Å². The first-order valence-electron chi connectivity index (χ1n) is 8.94. The number of piperidine rings is 1. The topological polar surface area (TPSA) is 64.0 Å². The van der Waals surface area contributed by atoms with Crippen molar-refractivity contribution in [2.45, 2.75) is 47.5 Å². The number of hydrogen-bond acceptors (Lipinski definition) is 6. The SMILES string of the molecule is Cc1cc(C)nc(N2CCC(COc3nc(C)nc(C)c3C)CC2)n1. The number of ether oxygens (including phenoxy) is 1. The molecule has 0 unspecified atom stereocenters. The summed E-state index contributed by atoms with van der Waals surface area (Å²) < 4.78 is 6.02. The highest BCUT2D eigenvalue weighted by atomic mass is 16.5. The van der Waals surface area contributed by atoms with Gasteiger partial charge in [-0.05, 0) is 59.4 Å². The maximum absolute atomic E-state index is 6.02. The van der Waals surface area contributed by atoms with Gasteiger partial charge in [-0.1, -0.05) is 0 Å². The summed E-state index contributed by atoms with van der Waals surface area (Å²) in [4.78, 5) is 20.2. The molecule has 0 N–H and O–H groups in total. The molecule has 3 rings (SSSR count). The minimum Gasteiger partial charge on any atom is -0.477 e. The summed E-state index contributed by atoms with van der Waals surface area (Å²) in [5, 5.41) is 0. The average molecular weight is 341 g/mol. The number of aryl methyl sites for hydroxylation is 4. The van der Waals surface area contributed by atoms with E-state index in [0.29, 0.717) is 12.5 Å². The van der Waals surface area contributed by atoms with Crippen molar-refractivity contribution in [1.29, 1.82) is 0 Å². The summed E-state index contributed by atoms with van der Waals surface area (Å²) in [5.41, 5.74) is 4.08. The van der Waals surface area contributed by atoms with Gasteiger partial charge in [0.2, 0.25) is 11.8 Å². The van der Waals surface area contributed by atoms with Crippen LogP contribution in [0.5, 0.6) is 5.88 Å². The van der Waals surface area contributed by atoms with Crippen molar-refractivity contribution in [3.63, 3.8) is 0 Å². The lowest BCUT2D eigenvalue weighted by Crippen LogP contribution is -2.36. The van der Waals surface area contributed by atoms with Crippen molar-refractivity contribution in [2.24, 2.45) is 5.92 Å². The van der Waals surface area contributed by atoms with Crippen molar-refractivity contribution in [2.75, 3.05) is 24.6 Å². The van der Waals surface area contributed by atoms with Gasteiger partial charge in [0, 0.05) is 35.7 Å². The highest BCUT2D eigenvalue weighted by Gasteiger charge is 2.22. The molecule has 3 heterocycles. The maximum Gasteiger partial charge on any atom is 0.225 e. The second-order valence-electron chi connectivity index (χ2n) is 6.98. The molecule has 0 bridgehead atoms. The Labute approximate surface area is 149 Å². The molecule has 2 aromatic heterocycles. The fourth-order valence-electron chi connectivity index (χ4n) is 3.22. The maximum atomic E-state index is 6.02. The normalized spacial score (nSPS) is 15.5. The van der Waals surface area contributed by atoms with E-state index in [9.17, 15) is 0 Å². The van der Waals surface area contributed by atoms with E-state index >= 15 is 0 Å². The molecule has 0 spiro atoms. The van der Waals surface area contributed by atoms with Crippen LogP contribution in [0.15, 0.2) is 6.07 Å². The van der Waals surface area contributed by atoms with Gasteiger partial charge in [-0.15, -0.1) is 0 Å². The molecule has 1 saturated heterocycles. The van der Waals surface area contributed by atoms with Crippen LogP contribution in [0.3, 0.4) is 0 Å². The van der Waals surface area contributed by atoms with Crippen LogP contribution in [0.2, 0.25) is 0 Å². The first-order valence-corrected chi connectivity index (χ1v) is 8.94. The zero-order chi connectivity index (χ0) is 18.0. The Morgan fingerprint density at radius 2 is 1.60 bits per heavy atom. The van der Waals surface area contributed by atoms with Gasteiger partial charge in [0.05, 0.1) is 6.61 Å². The molecule has 0 saturated carbocycles. The van der Waals surface area contributed by atoms with E-state index in [1.165, 1.54) is 0 Å². The standard InChI is InChI=1S/C19H27N5O/c1-12-10-13(2)21-19(20-12)24-8-6-17(7-9-24)11-25-18-14(3)15(4)22-16(5)23-18/h10,17H,6-9,11H2,1-5H3. The molecule has 2 aromatic rings. The van der Waals surface area contributed by atoms with Gasteiger partial charge in [-0.25, -0.2) is 15.0 Å². The third-order valence-corrected chi connectivity index (χ3v) is 4.78. The van der Waals surface area contributed by atoms with E-state index in [0.717, 1.165) is 66.2 Å². The minimum absolute atomic E-state index is 0.539. The monoisotopic (exact) mass is 341 g/mol. The lowest BCUT2D eigenvalue weighted by Gasteiger charge is -2.32. The highest BCUT2D eigenvalue weighted by Crippen LogP contribution is 2.23. The second-order valence-corrected chi connectivity index (χ2v) is 6.98. The van der Waals surface area contributed by atoms with E-state index in [2.05, 4.69) is 24.8 Å². The van der Waals surface area contributed by atoms with Crippen LogP contribution in [0.4, 0.5) is 5.95 Å². The van der Waals surface area contributed by atoms with Crippen LogP contribution in [-0.2, 0) is 0 Å². The molecule has 134 valence electrons. The Balaban J connectivity index is 1.56. The lowest BCUT2D eigenvalue weighted by atomic mass is 9.98. The molecule has 0 aliphatic carbocycles. The summed E-state index contributed by atoms with van der Waals surface area (Å²) in [6, 6.07) is 2.01. The molecule has 25 heavy (non-hydrogen) atoms. The Bertz CT molecular complexity index is 733. The van der Waals surface area contributed by atoms with Crippen LogP contribution in [0, 0.1) is 40.5 Å². The van der Waals surface area contributed by atoms with Crippen LogP contribution in [0.25, 0.3) is 0 Å². The Morgan fingerprint density at radius 1 is 0.960 bits per heavy atom. The van der Waals surface area contributed by atoms with Crippen molar-refractivity contribution >= 4 is 5.95 Å². The lowest BCUT2D eigenvalue weighted by molar-refractivity contribution is 0.213. The number of aromatic nitrogens is 4. The number of rotatable bonds is 4. The van der Waals surface area contributed by atoms with E-state index < -0.39 is 0 Å². The van der Waals surface area contributed by atoms with Gasteiger partial charge in [0.25, 0.3) is 0 Å². The van der Waals surface area contributed by atoms with Gasteiger partial charge in [0.1, 0.15) is 5.82 Å². The predicted octanol–water partition coefficient (Wildman–Crippen LogP) is 3.10. The molecular formula is C19H27N5O. The van der Waals surface area contributed by atoms with Crippen molar-refractivity contribution in [1.82, 2.24) is 19.9 Å². The summed E-state index contributed by atoms with van der Waals surface area (Å²) >= 11 is 0. The van der Waals surface area contributed by atoms with Gasteiger partial charge >= 0.3 is 0 Å². The quantitative estimate of drug-likeness (QED) is 0.851. The van der Waals surface area contributed by atoms with E-state index in [1.54, 1.807) is 0 Å². The van der Waals surface area contributed by atoms with Gasteiger partial charge < -0.3 is 9.64 Å². The second kappa shape index (κ2) is 7.33. The van der Waals surface area contributed by atoms with Crippen molar-refractivity contribution < 1.29 is 4.74 Å². The average Bonchev–Trinajstić information content (AvgIpc) is 2.56. The molecule has 1 fully saturated rings. The molecule has 0 aromatic carbocycles. The third-order valence-electron chi connectivity index (χ3n) is 4.78. The molecule has 1 aliphatic rings. The summed E-state index contributed by atoms with van der Waals surface area (Å²) in [6.07, 6.45) is 2.16.